The lowest BCUT2D eigenvalue weighted by atomic mass is 9.95. The molecule has 130 valence electrons. The van der Waals surface area contributed by atoms with Gasteiger partial charge in [-0.05, 0) is 61.9 Å². The number of nitrogens with zero attached hydrogens (tertiary/aromatic N) is 2. The number of nitrogens with one attached hydrogen (secondary N) is 1. The van der Waals surface area contributed by atoms with E-state index in [0.717, 1.165) is 42.5 Å². The van der Waals surface area contributed by atoms with Crippen molar-refractivity contribution in [1.29, 1.82) is 5.26 Å². The van der Waals surface area contributed by atoms with Crippen LogP contribution in [0.15, 0.2) is 35.2 Å². The van der Waals surface area contributed by atoms with E-state index in [0.29, 0.717) is 11.4 Å². The number of sulfonamides is 1. The van der Waals surface area contributed by atoms with Crippen LogP contribution in [0.2, 0.25) is 0 Å². The molecule has 1 atom stereocenters. The molecule has 0 spiro atoms. The van der Waals surface area contributed by atoms with Crippen LogP contribution in [0.3, 0.4) is 0 Å². The van der Waals surface area contributed by atoms with Crippen molar-refractivity contribution >= 4 is 15.8 Å². The fraction of sp³-hybridized carbons (Fsp3) is 0.333. The van der Waals surface area contributed by atoms with Gasteiger partial charge in [-0.25, -0.2) is 18.5 Å². The number of primary sulfonamides is 1. The highest BCUT2D eigenvalue weighted by Gasteiger charge is 2.17. The van der Waals surface area contributed by atoms with Gasteiger partial charge in [0.25, 0.3) is 0 Å². The predicted molar refractivity (Wildman–Crippen MR) is 95.4 cm³/mol. The zero-order valence-corrected chi connectivity index (χ0v) is 14.8. The molecule has 7 heteroatoms. The summed E-state index contributed by atoms with van der Waals surface area (Å²) in [5.41, 5.74) is 3.46. The van der Waals surface area contributed by atoms with Gasteiger partial charge in [0.05, 0.1) is 16.5 Å². The number of hydrogen-bond acceptors (Lipinski definition) is 5. The number of aryl methyl sites for hydroxylation is 2. The summed E-state index contributed by atoms with van der Waals surface area (Å²) in [5, 5.41) is 17.9. The van der Waals surface area contributed by atoms with Gasteiger partial charge in [0, 0.05) is 5.69 Å². The van der Waals surface area contributed by atoms with E-state index in [4.69, 9.17) is 5.14 Å². The fourth-order valence-corrected chi connectivity index (χ4v) is 3.65. The molecule has 25 heavy (non-hydrogen) atoms. The van der Waals surface area contributed by atoms with Gasteiger partial charge in [-0.3, -0.25) is 0 Å². The molecule has 0 saturated heterocycles. The first-order chi connectivity index (χ1) is 11.9. The van der Waals surface area contributed by atoms with Crippen molar-refractivity contribution < 1.29 is 8.42 Å². The highest BCUT2D eigenvalue weighted by molar-refractivity contribution is 7.89. The van der Waals surface area contributed by atoms with Gasteiger partial charge in [0.15, 0.2) is 0 Å². The van der Waals surface area contributed by atoms with E-state index in [9.17, 15) is 13.7 Å². The molecule has 1 aliphatic carbocycles. The number of hydrogen-bond donors (Lipinski definition) is 2. The van der Waals surface area contributed by atoms with E-state index in [-0.39, 0.29) is 10.9 Å². The molecular weight excluding hydrogens is 336 g/mol. The number of anilines is 1. The van der Waals surface area contributed by atoms with Crippen molar-refractivity contribution in [3.63, 3.8) is 0 Å². The quantitative estimate of drug-likeness (QED) is 0.875. The number of rotatable bonds is 4. The molecule has 0 bridgehead atoms. The van der Waals surface area contributed by atoms with Crippen LogP contribution in [0.4, 0.5) is 5.82 Å². The Bertz CT molecular complexity index is 948. The molecule has 6 nitrogen and oxygen atoms in total. The summed E-state index contributed by atoms with van der Waals surface area (Å²) in [6, 6.07) is 10.4. The lowest BCUT2D eigenvalue weighted by Crippen LogP contribution is -2.15. The van der Waals surface area contributed by atoms with Gasteiger partial charge < -0.3 is 5.32 Å². The molecule has 0 fully saturated rings. The summed E-state index contributed by atoms with van der Waals surface area (Å²) < 4.78 is 23.1. The maximum absolute atomic E-state index is 11.5. The maximum atomic E-state index is 11.5. The van der Waals surface area contributed by atoms with E-state index < -0.39 is 10.0 Å². The highest BCUT2D eigenvalue weighted by Crippen LogP contribution is 2.27. The molecule has 1 aromatic carbocycles. The van der Waals surface area contributed by atoms with E-state index in [2.05, 4.69) is 16.4 Å². The molecule has 1 heterocycles. The Morgan fingerprint density at radius 1 is 1.28 bits per heavy atom. The molecule has 1 aromatic heterocycles. The van der Waals surface area contributed by atoms with Crippen LogP contribution in [0.1, 0.15) is 48.2 Å². The van der Waals surface area contributed by atoms with Crippen molar-refractivity contribution in [2.24, 2.45) is 5.14 Å². The number of nitrogens with two attached hydrogens (primary N) is 1. The summed E-state index contributed by atoms with van der Waals surface area (Å²) in [5.74, 6) is 0.539. The normalized spacial score (nSPS) is 15.1. The van der Waals surface area contributed by atoms with Crippen molar-refractivity contribution in [1.82, 2.24) is 4.98 Å². The Labute approximate surface area is 147 Å². The highest BCUT2D eigenvalue weighted by atomic mass is 32.2. The first-order valence-electron chi connectivity index (χ1n) is 8.20. The molecule has 0 amide bonds. The van der Waals surface area contributed by atoms with E-state index in [1.54, 1.807) is 6.07 Å². The molecule has 2 aromatic rings. The van der Waals surface area contributed by atoms with Crippen LogP contribution in [0, 0.1) is 11.3 Å². The van der Waals surface area contributed by atoms with Crippen LogP contribution >= 0.6 is 0 Å². The fourth-order valence-electron chi connectivity index (χ4n) is 3.08. The lowest BCUT2D eigenvalue weighted by molar-refractivity contribution is 0.597. The van der Waals surface area contributed by atoms with Crippen molar-refractivity contribution in [2.45, 2.75) is 43.5 Å². The minimum atomic E-state index is -3.75. The van der Waals surface area contributed by atoms with Crippen molar-refractivity contribution in [3.05, 3.63) is 52.7 Å². The maximum Gasteiger partial charge on any atom is 0.238 e. The zero-order valence-electron chi connectivity index (χ0n) is 14.0. The number of fused-ring (bicyclic) bond motifs is 1. The van der Waals surface area contributed by atoms with Gasteiger partial charge in [-0.15, -0.1) is 0 Å². The molecule has 0 unspecified atom stereocenters. The average Bonchev–Trinajstić information content (AvgIpc) is 2.60. The molecule has 0 aliphatic heterocycles. The first-order valence-corrected chi connectivity index (χ1v) is 9.75. The van der Waals surface area contributed by atoms with Crippen LogP contribution in [0.25, 0.3) is 0 Å². The summed E-state index contributed by atoms with van der Waals surface area (Å²) in [4.78, 5) is 4.71. The summed E-state index contributed by atoms with van der Waals surface area (Å²) in [6.07, 6.45) is 4.12. The smallest absolute Gasteiger partial charge is 0.238 e. The minimum Gasteiger partial charge on any atom is -0.362 e. The predicted octanol–water partition coefficient (Wildman–Crippen LogP) is 2.65. The third-order valence-corrected chi connectivity index (χ3v) is 5.37. The summed E-state index contributed by atoms with van der Waals surface area (Å²) in [7, 11) is -3.75. The van der Waals surface area contributed by atoms with Crippen LogP contribution in [-0.4, -0.2) is 13.4 Å². The summed E-state index contributed by atoms with van der Waals surface area (Å²) in [6.45, 7) is 1.89. The van der Waals surface area contributed by atoms with Crippen LogP contribution < -0.4 is 10.5 Å². The molecular formula is C18H20N4O2S. The van der Waals surface area contributed by atoms with Crippen LogP contribution in [0.5, 0.6) is 0 Å². The standard InChI is InChI=1S/C18H20N4O2S/c1-12(13-6-4-7-16(10-13)25(20,23)24)21-18-15(11-19)9-14-5-2-3-8-17(14)22-18/h4,6-7,9-10,12H,2-3,5,8H2,1H3,(H,21,22)(H2,20,23,24)/t12-/m0/s1. The van der Waals surface area contributed by atoms with Crippen molar-refractivity contribution in [3.8, 4) is 6.07 Å². The molecule has 3 N–H and O–H groups in total. The second kappa shape index (κ2) is 6.82. The topological polar surface area (TPSA) is 109 Å². The Kier molecular flexibility index (Phi) is 4.75. The van der Waals surface area contributed by atoms with Gasteiger partial charge in [-0.2, -0.15) is 5.26 Å². The van der Waals surface area contributed by atoms with E-state index >= 15 is 0 Å². The van der Waals surface area contributed by atoms with Crippen LogP contribution in [-0.2, 0) is 22.9 Å². The Morgan fingerprint density at radius 2 is 2.04 bits per heavy atom. The third kappa shape index (κ3) is 3.81. The summed E-state index contributed by atoms with van der Waals surface area (Å²) >= 11 is 0. The third-order valence-electron chi connectivity index (χ3n) is 4.46. The Morgan fingerprint density at radius 3 is 2.76 bits per heavy atom. The minimum absolute atomic E-state index is 0.0672. The first kappa shape index (κ1) is 17.4. The molecule has 0 radical (unpaired) electrons. The number of pyridine rings is 1. The SMILES string of the molecule is C[C@H](Nc1nc2c(cc1C#N)CCCC2)c1cccc(S(N)(=O)=O)c1. The Balaban J connectivity index is 1.91. The van der Waals surface area contributed by atoms with Gasteiger partial charge in [0.1, 0.15) is 11.9 Å². The average molecular weight is 356 g/mol. The number of nitriles is 1. The second-order valence-corrected chi connectivity index (χ2v) is 7.85. The zero-order chi connectivity index (χ0) is 18.0. The molecule has 3 rings (SSSR count). The Hall–Kier alpha value is -2.43. The van der Waals surface area contributed by atoms with E-state index in [1.807, 2.05) is 19.1 Å². The lowest BCUT2D eigenvalue weighted by Gasteiger charge is -2.20. The number of benzene rings is 1. The molecule has 0 saturated carbocycles. The number of aromatic nitrogens is 1. The van der Waals surface area contributed by atoms with Crippen molar-refractivity contribution in [2.75, 3.05) is 5.32 Å². The monoisotopic (exact) mass is 356 g/mol. The second-order valence-electron chi connectivity index (χ2n) is 6.29. The van der Waals surface area contributed by atoms with Gasteiger partial charge >= 0.3 is 0 Å². The van der Waals surface area contributed by atoms with Gasteiger partial charge in [-0.1, -0.05) is 12.1 Å². The molecule has 1 aliphatic rings. The van der Waals surface area contributed by atoms with Gasteiger partial charge in [0.2, 0.25) is 10.0 Å². The largest absolute Gasteiger partial charge is 0.362 e. The van der Waals surface area contributed by atoms with E-state index in [1.165, 1.54) is 12.1 Å².